The average molecular weight is 431 g/mol. The van der Waals surface area contributed by atoms with E-state index in [-0.39, 0.29) is 18.2 Å². The Morgan fingerprint density at radius 3 is 2.56 bits per heavy atom. The smallest absolute Gasteiger partial charge is 0.279 e. The molecule has 1 N–H and O–H groups in total. The first-order chi connectivity index (χ1) is 15.4. The molecule has 0 aliphatic heterocycles. The second kappa shape index (κ2) is 9.09. The van der Waals surface area contributed by atoms with Gasteiger partial charge in [-0.3, -0.25) is 9.48 Å². The highest BCUT2D eigenvalue weighted by Crippen LogP contribution is 2.20. The lowest BCUT2D eigenvalue weighted by molar-refractivity contribution is 0.101. The molecule has 0 atom stereocenters. The van der Waals surface area contributed by atoms with Gasteiger partial charge in [0.05, 0.1) is 12.1 Å². The molecule has 0 saturated heterocycles. The zero-order valence-corrected chi connectivity index (χ0v) is 18.7. The zero-order valence-electron chi connectivity index (χ0n) is 18.7. The molecule has 7 heteroatoms. The standard InChI is InChI=1S/C25H26N4O3/c1-16-9-11-21(12-10-16)31-15-22-19(4)32-28-24(22)25(30)26-23-13-18(3)29(27-23)14-20-8-6-5-7-17(20)2/h5-13H,14-15H2,1-4H3,(H,26,27,30). The normalized spacial score (nSPS) is 10.9. The maximum Gasteiger partial charge on any atom is 0.279 e. The van der Waals surface area contributed by atoms with Crippen LogP contribution in [-0.4, -0.2) is 20.8 Å². The highest BCUT2D eigenvalue weighted by Gasteiger charge is 2.21. The number of hydrogen-bond donors (Lipinski definition) is 1. The number of nitrogens with zero attached hydrogens (tertiary/aromatic N) is 3. The van der Waals surface area contributed by atoms with E-state index in [1.165, 1.54) is 11.1 Å². The number of hydrogen-bond acceptors (Lipinski definition) is 5. The third kappa shape index (κ3) is 4.72. The van der Waals surface area contributed by atoms with Crippen molar-refractivity contribution in [2.45, 2.75) is 40.8 Å². The van der Waals surface area contributed by atoms with E-state index in [2.05, 4.69) is 34.6 Å². The number of ether oxygens (including phenoxy) is 1. The van der Waals surface area contributed by atoms with Crippen molar-refractivity contribution in [2.24, 2.45) is 0 Å². The van der Waals surface area contributed by atoms with Crippen molar-refractivity contribution in [1.82, 2.24) is 14.9 Å². The van der Waals surface area contributed by atoms with E-state index >= 15 is 0 Å². The molecule has 4 aromatic rings. The van der Waals surface area contributed by atoms with Crippen molar-refractivity contribution in [1.29, 1.82) is 0 Å². The van der Waals surface area contributed by atoms with Crippen molar-refractivity contribution in [3.8, 4) is 5.75 Å². The summed E-state index contributed by atoms with van der Waals surface area (Å²) in [7, 11) is 0. The fraction of sp³-hybridized carbons (Fsp3) is 0.240. The van der Waals surface area contributed by atoms with Gasteiger partial charge in [0.25, 0.3) is 5.91 Å². The number of carbonyl (C=O) groups excluding carboxylic acids is 1. The molecule has 32 heavy (non-hydrogen) atoms. The lowest BCUT2D eigenvalue weighted by atomic mass is 10.1. The minimum Gasteiger partial charge on any atom is -0.489 e. The second-order valence-electron chi connectivity index (χ2n) is 7.88. The first kappa shape index (κ1) is 21.4. The first-order valence-electron chi connectivity index (χ1n) is 10.5. The van der Waals surface area contributed by atoms with Gasteiger partial charge in [0.1, 0.15) is 18.1 Å². The average Bonchev–Trinajstić information content (AvgIpc) is 3.31. The molecule has 0 spiro atoms. The van der Waals surface area contributed by atoms with Crippen LogP contribution >= 0.6 is 0 Å². The number of anilines is 1. The monoisotopic (exact) mass is 430 g/mol. The van der Waals surface area contributed by atoms with Gasteiger partial charge in [0, 0.05) is 11.8 Å². The molecule has 0 fully saturated rings. The van der Waals surface area contributed by atoms with Gasteiger partial charge < -0.3 is 14.6 Å². The molecule has 4 rings (SSSR count). The van der Waals surface area contributed by atoms with E-state index in [1.54, 1.807) is 6.92 Å². The van der Waals surface area contributed by atoms with Crippen molar-refractivity contribution >= 4 is 11.7 Å². The topological polar surface area (TPSA) is 82.2 Å². The molecule has 0 bridgehead atoms. The van der Waals surface area contributed by atoms with Gasteiger partial charge in [-0.05, 0) is 51.0 Å². The Kier molecular flexibility index (Phi) is 6.07. The van der Waals surface area contributed by atoms with Crippen LogP contribution in [0.1, 0.15) is 44.2 Å². The summed E-state index contributed by atoms with van der Waals surface area (Å²) < 4.78 is 13.0. The van der Waals surface area contributed by atoms with Crippen molar-refractivity contribution in [3.05, 3.63) is 94.0 Å². The van der Waals surface area contributed by atoms with Gasteiger partial charge in [-0.2, -0.15) is 5.10 Å². The molecule has 2 aromatic heterocycles. The third-order valence-corrected chi connectivity index (χ3v) is 5.41. The quantitative estimate of drug-likeness (QED) is 0.447. The number of aromatic nitrogens is 3. The zero-order chi connectivity index (χ0) is 22.7. The maximum absolute atomic E-state index is 12.9. The molecular formula is C25H26N4O3. The van der Waals surface area contributed by atoms with Crippen LogP contribution in [-0.2, 0) is 13.2 Å². The lowest BCUT2D eigenvalue weighted by Gasteiger charge is -2.08. The van der Waals surface area contributed by atoms with Crippen molar-refractivity contribution in [3.63, 3.8) is 0 Å². The molecule has 7 nitrogen and oxygen atoms in total. The molecule has 0 unspecified atom stereocenters. The molecule has 1 amide bonds. The van der Waals surface area contributed by atoms with Crippen LogP contribution in [0.3, 0.4) is 0 Å². The Balaban J connectivity index is 1.46. The summed E-state index contributed by atoms with van der Waals surface area (Å²) in [5.74, 6) is 1.34. The SMILES string of the molecule is Cc1ccc(OCc2c(C(=O)Nc3cc(C)n(Cc4ccccc4C)n3)noc2C)cc1. The van der Waals surface area contributed by atoms with E-state index < -0.39 is 0 Å². The van der Waals surface area contributed by atoms with E-state index in [4.69, 9.17) is 9.26 Å². The largest absolute Gasteiger partial charge is 0.489 e. The molecule has 0 radical (unpaired) electrons. The number of aryl methyl sites for hydroxylation is 4. The van der Waals surface area contributed by atoms with Gasteiger partial charge in [-0.1, -0.05) is 47.1 Å². The summed E-state index contributed by atoms with van der Waals surface area (Å²) in [5, 5.41) is 11.3. The molecule has 2 heterocycles. The van der Waals surface area contributed by atoms with Crippen molar-refractivity contribution < 1.29 is 14.1 Å². The third-order valence-electron chi connectivity index (χ3n) is 5.41. The number of nitrogens with one attached hydrogen (secondary N) is 1. The minimum absolute atomic E-state index is 0.182. The maximum atomic E-state index is 12.9. The van der Waals surface area contributed by atoms with E-state index in [1.807, 2.05) is 61.0 Å². The number of rotatable bonds is 7. The first-order valence-corrected chi connectivity index (χ1v) is 10.5. The predicted molar refractivity (Wildman–Crippen MR) is 122 cm³/mol. The molecule has 2 aromatic carbocycles. The summed E-state index contributed by atoms with van der Waals surface area (Å²) in [6, 6.07) is 17.7. The second-order valence-corrected chi connectivity index (χ2v) is 7.88. The number of amides is 1. The summed E-state index contributed by atoms with van der Waals surface area (Å²) in [4.78, 5) is 12.9. The van der Waals surface area contributed by atoms with E-state index in [0.717, 1.165) is 11.3 Å². The Bertz CT molecular complexity index is 1240. The molecule has 0 saturated carbocycles. The predicted octanol–water partition coefficient (Wildman–Crippen LogP) is 4.98. The van der Waals surface area contributed by atoms with Crippen LogP contribution in [0.4, 0.5) is 5.82 Å². The molecule has 164 valence electrons. The van der Waals surface area contributed by atoms with Crippen LogP contribution in [0.5, 0.6) is 5.75 Å². The minimum atomic E-state index is -0.384. The van der Waals surface area contributed by atoms with Gasteiger partial charge in [0.15, 0.2) is 11.5 Å². The highest BCUT2D eigenvalue weighted by atomic mass is 16.5. The van der Waals surface area contributed by atoms with E-state index in [0.29, 0.717) is 29.4 Å². The lowest BCUT2D eigenvalue weighted by Crippen LogP contribution is -2.16. The Hall–Kier alpha value is -3.87. The van der Waals surface area contributed by atoms with Crippen LogP contribution in [0.25, 0.3) is 0 Å². The fourth-order valence-corrected chi connectivity index (χ4v) is 3.39. The van der Waals surface area contributed by atoms with Crippen LogP contribution in [0.2, 0.25) is 0 Å². The summed E-state index contributed by atoms with van der Waals surface area (Å²) >= 11 is 0. The van der Waals surface area contributed by atoms with Gasteiger partial charge in [0.2, 0.25) is 0 Å². The van der Waals surface area contributed by atoms with Crippen LogP contribution in [0, 0.1) is 27.7 Å². The summed E-state index contributed by atoms with van der Waals surface area (Å²) in [5.41, 5.74) is 5.28. The summed E-state index contributed by atoms with van der Waals surface area (Å²) in [6.45, 7) is 8.63. The van der Waals surface area contributed by atoms with Crippen molar-refractivity contribution in [2.75, 3.05) is 5.32 Å². The fourth-order valence-electron chi connectivity index (χ4n) is 3.39. The van der Waals surface area contributed by atoms with Gasteiger partial charge >= 0.3 is 0 Å². The highest BCUT2D eigenvalue weighted by molar-refractivity contribution is 6.03. The number of carbonyl (C=O) groups is 1. The number of benzene rings is 2. The Morgan fingerprint density at radius 1 is 1.06 bits per heavy atom. The van der Waals surface area contributed by atoms with Gasteiger partial charge in [-0.25, -0.2) is 0 Å². The molecule has 0 aliphatic rings. The van der Waals surface area contributed by atoms with Crippen LogP contribution < -0.4 is 10.1 Å². The molecular weight excluding hydrogens is 404 g/mol. The van der Waals surface area contributed by atoms with Gasteiger partial charge in [-0.15, -0.1) is 0 Å². The Labute approximate surface area is 187 Å². The summed E-state index contributed by atoms with van der Waals surface area (Å²) in [6.07, 6.45) is 0. The molecule has 0 aliphatic carbocycles. The Morgan fingerprint density at radius 2 is 1.81 bits per heavy atom. The van der Waals surface area contributed by atoms with Crippen LogP contribution in [0.15, 0.2) is 59.1 Å². The van der Waals surface area contributed by atoms with E-state index in [9.17, 15) is 4.79 Å².